The van der Waals surface area contributed by atoms with Crippen molar-refractivity contribution in [1.82, 2.24) is 4.90 Å². The van der Waals surface area contributed by atoms with Crippen LogP contribution in [0.5, 0.6) is 0 Å². The Balaban J connectivity index is 5.04. The second-order valence-corrected chi connectivity index (χ2v) is 3.64. The summed E-state index contributed by atoms with van der Waals surface area (Å²) in [5.74, 6) is 5.24. The van der Waals surface area contributed by atoms with Crippen molar-refractivity contribution in [3.05, 3.63) is 11.8 Å². The molecule has 0 spiro atoms. The molecule has 0 atom stereocenters. The molecule has 0 aromatic heterocycles. The lowest BCUT2D eigenvalue weighted by atomic mass is 10.2. The van der Waals surface area contributed by atoms with Gasteiger partial charge in [-0.3, -0.25) is 0 Å². The third kappa shape index (κ3) is 5.11. The minimum atomic E-state index is -4.34. The lowest BCUT2D eigenvalue weighted by Crippen LogP contribution is -2.31. The molecule has 0 aromatic rings. The Hall–Kier alpha value is -1.11. The third-order valence-corrected chi connectivity index (χ3v) is 1.98. The smallest absolute Gasteiger partial charge is 0.368 e. The van der Waals surface area contributed by atoms with Gasteiger partial charge in [0.1, 0.15) is 5.70 Å². The van der Waals surface area contributed by atoms with E-state index in [1.807, 2.05) is 13.8 Å². The summed E-state index contributed by atoms with van der Waals surface area (Å²) in [6, 6.07) is 0. The van der Waals surface area contributed by atoms with Crippen molar-refractivity contribution < 1.29 is 13.2 Å². The van der Waals surface area contributed by atoms with E-state index in [0.29, 0.717) is 13.1 Å². The van der Waals surface area contributed by atoms with Gasteiger partial charge in [-0.05, 0) is 13.8 Å². The monoisotopic (exact) mass is 233 g/mol. The highest BCUT2D eigenvalue weighted by Gasteiger charge is 2.36. The lowest BCUT2D eigenvalue weighted by Gasteiger charge is -2.25. The van der Waals surface area contributed by atoms with Crippen molar-refractivity contribution in [2.45, 2.75) is 33.9 Å². The Bertz CT molecular complexity index is 288. The van der Waals surface area contributed by atoms with E-state index in [1.54, 1.807) is 13.8 Å². The molecule has 4 heteroatoms. The summed E-state index contributed by atoms with van der Waals surface area (Å²) in [4.78, 5) is 1.26. The van der Waals surface area contributed by atoms with E-state index in [-0.39, 0.29) is 5.92 Å². The maximum atomic E-state index is 12.7. The van der Waals surface area contributed by atoms with Gasteiger partial charge >= 0.3 is 6.18 Å². The molecule has 16 heavy (non-hydrogen) atoms. The fraction of sp³-hybridized carbons (Fsp3) is 0.667. The quantitative estimate of drug-likeness (QED) is 0.675. The van der Waals surface area contributed by atoms with Gasteiger partial charge < -0.3 is 4.90 Å². The predicted molar refractivity (Wildman–Crippen MR) is 59.7 cm³/mol. The zero-order valence-corrected chi connectivity index (χ0v) is 10.2. The van der Waals surface area contributed by atoms with Crippen molar-refractivity contribution in [3.63, 3.8) is 0 Å². The lowest BCUT2D eigenvalue weighted by molar-refractivity contribution is -0.110. The normalized spacial score (nSPS) is 12.4. The Morgan fingerprint density at radius 3 is 2.06 bits per heavy atom. The summed E-state index contributed by atoms with van der Waals surface area (Å²) in [7, 11) is 0. The average molecular weight is 233 g/mol. The highest BCUT2D eigenvalue weighted by molar-refractivity contribution is 5.24. The largest absolute Gasteiger partial charge is 0.431 e. The Kier molecular flexibility index (Phi) is 6.02. The van der Waals surface area contributed by atoms with Crippen LogP contribution in [0.4, 0.5) is 13.2 Å². The molecule has 0 amide bonds. The van der Waals surface area contributed by atoms with Crippen LogP contribution < -0.4 is 0 Å². The van der Waals surface area contributed by atoms with E-state index >= 15 is 0 Å². The molecule has 0 aliphatic rings. The van der Waals surface area contributed by atoms with Crippen molar-refractivity contribution in [3.8, 4) is 11.8 Å². The van der Waals surface area contributed by atoms with Gasteiger partial charge in [-0.15, -0.1) is 0 Å². The van der Waals surface area contributed by atoms with Crippen LogP contribution in [0.1, 0.15) is 27.7 Å². The van der Waals surface area contributed by atoms with Crippen LogP contribution >= 0.6 is 0 Å². The van der Waals surface area contributed by atoms with E-state index in [1.165, 1.54) is 4.90 Å². The minimum Gasteiger partial charge on any atom is -0.368 e. The standard InChI is InChI=1S/C12H18F3N/c1-5-16(6-2)11(12(13,14)15)9-7-8-10(3)4/h9-10H,5-6H2,1-4H3. The molecule has 0 rings (SSSR count). The average Bonchev–Trinajstić information content (AvgIpc) is 2.15. The van der Waals surface area contributed by atoms with Crippen LogP contribution in [0, 0.1) is 17.8 Å². The van der Waals surface area contributed by atoms with Crippen molar-refractivity contribution in [1.29, 1.82) is 0 Å². The molecule has 0 saturated heterocycles. The van der Waals surface area contributed by atoms with Crippen molar-refractivity contribution in [2.75, 3.05) is 13.1 Å². The van der Waals surface area contributed by atoms with E-state index in [9.17, 15) is 13.2 Å². The molecule has 1 nitrogen and oxygen atoms in total. The number of nitrogens with zero attached hydrogens (tertiary/aromatic N) is 1. The number of hydrogen-bond acceptors (Lipinski definition) is 1. The number of halogens is 3. The van der Waals surface area contributed by atoms with Gasteiger partial charge in [0.2, 0.25) is 0 Å². The Morgan fingerprint density at radius 1 is 1.25 bits per heavy atom. The van der Waals surface area contributed by atoms with Gasteiger partial charge in [-0.2, -0.15) is 13.2 Å². The fourth-order valence-corrected chi connectivity index (χ4v) is 1.19. The molecule has 0 saturated carbocycles. The van der Waals surface area contributed by atoms with Crippen LogP contribution in [-0.2, 0) is 0 Å². The maximum Gasteiger partial charge on any atom is 0.431 e. The van der Waals surface area contributed by atoms with Crippen LogP contribution in [0.25, 0.3) is 0 Å². The zero-order valence-electron chi connectivity index (χ0n) is 10.2. The molecule has 0 aliphatic carbocycles. The predicted octanol–water partition coefficient (Wildman–Crippen LogP) is 3.43. The highest BCUT2D eigenvalue weighted by atomic mass is 19.4. The summed E-state index contributed by atoms with van der Waals surface area (Å²) in [5.41, 5.74) is -0.661. The molecule has 0 N–H and O–H groups in total. The van der Waals surface area contributed by atoms with E-state index in [0.717, 1.165) is 6.08 Å². The van der Waals surface area contributed by atoms with Gasteiger partial charge in [-0.1, -0.05) is 25.7 Å². The second kappa shape index (κ2) is 6.47. The molecular weight excluding hydrogens is 215 g/mol. The fourth-order valence-electron chi connectivity index (χ4n) is 1.19. The van der Waals surface area contributed by atoms with Gasteiger partial charge in [0, 0.05) is 25.1 Å². The molecular formula is C12H18F3N. The van der Waals surface area contributed by atoms with Crippen molar-refractivity contribution >= 4 is 0 Å². The SMILES string of the molecule is CCN(CC)C(=CC#CC(C)C)C(F)(F)F. The molecule has 0 aromatic carbocycles. The van der Waals surface area contributed by atoms with Gasteiger partial charge in [-0.25, -0.2) is 0 Å². The van der Waals surface area contributed by atoms with Gasteiger partial charge in [0.15, 0.2) is 0 Å². The van der Waals surface area contributed by atoms with Crippen LogP contribution in [-0.4, -0.2) is 24.2 Å². The Labute approximate surface area is 95.3 Å². The van der Waals surface area contributed by atoms with E-state index in [4.69, 9.17) is 0 Å². The summed E-state index contributed by atoms with van der Waals surface area (Å²) in [5, 5.41) is 0. The van der Waals surface area contributed by atoms with Crippen LogP contribution in [0.15, 0.2) is 11.8 Å². The van der Waals surface area contributed by atoms with Gasteiger partial charge in [0.25, 0.3) is 0 Å². The zero-order chi connectivity index (χ0) is 12.8. The number of allylic oxidation sites excluding steroid dienone is 2. The second-order valence-electron chi connectivity index (χ2n) is 3.64. The summed E-state index contributed by atoms with van der Waals surface area (Å²) in [6.07, 6.45) is -3.37. The number of rotatable bonds is 3. The molecule has 0 fully saturated rings. The first kappa shape index (κ1) is 14.9. The summed E-state index contributed by atoms with van der Waals surface area (Å²) in [6.45, 7) is 7.71. The summed E-state index contributed by atoms with van der Waals surface area (Å²) < 4.78 is 38.1. The first-order valence-corrected chi connectivity index (χ1v) is 5.36. The maximum absolute atomic E-state index is 12.7. The molecule has 92 valence electrons. The number of alkyl halides is 3. The minimum absolute atomic E-state index is 0.0717. The third-order valence-electron chi connectivity index (χ3n) is 1.98. The van der Waals surface area contributed by atoms with Crippen molar-refractivity contribution in [2.24, 2.45) is 5.92 Å². The van der Waals surface area contributed by atoms with Crippen LogP contribution in [0.2, 0.25) is 0 Å². The topological polar surface area (TPSA) is 3.24 Å². The summed E-state index contributed by atoms with van der Waals surface area (Å²) >= 11 is 0. The molecule has 0 unspecified atom stereocenters. The first-order valence-electron chi connectivity index (χ1n) is 5.36. The molecule has 0 bridgehead atoms. The highest BCUT2D eigenvalue weighted by Crippen LogP contribution is 2.27. The van der Waals surface area contributed by atoms with E-state index < -0.39 is 11.9 Å². The van der Waals surface area contributed by atoms with E-state index in [2.05, 4.69) is 11.8 Å². The van der Waals surface area contributed by atoms with Gasteiger partial charge in [0.05, 0.1) is 0 Å². The number of hydrogen-bond donors (Lipinski definition) is 0. The Morgan fingerprint density at radius 2 is 1.75 bits per heavy atom. The van der Waals surface area contributed by atoms with Crippen LogP contribution in [0.3, 0.4) is 0 Å². The molecule has 0 aliphatic heterocycles. The molecule has 0 heterocycles. The first-order chi connectivity index (χ1) is 7.32. The molecule has 0 radical (unpaired) electrons.